The maximum Gasteiger partial charge on any atom is 0.311 e. The zero-order valence-electron chi connectivity index (χ0n) is 11.6. The van der Waals surface area contributed by atoms with Crippen LogP contribution >= 0.6 is 0 Å². The maximum absolute atomic E-state index is 12.1. The first-order valence-corrected chi connectivity index (χ1v) is 6.24. The second kappa shape index (κ2) is 5.62. The SMILES string of the molecule is Cc1cc(C)cc(NC(=O)c2cccc([N+](=O)[O-])c2O)c1. The zero-order chi connectivity index (χ0) is 15.6. The normalized spacial score (nSPS) is 10.2. The fraction of sp³-hybridized carbons (Fsp3) is 0.133. The van der Waals surface area contributed by atoms with Crippen molar-refractivity contribution in [2.45, 2.75) is 13.8 Å². The summed E-state index contributed by atoms with van der Waals surface area (Å²) in [4.78, 5) is 22.2. The number of phenolic OH excluding ortho intramolecular Hbond substituents is 1. The van der Waals surface area contributed by atoms with Gasteiger partial charge in [0.25, 0.3) is 5.91 Å². The molecule has 0 atom stereocenters. The van der Waals surface area contributed by atoms with Crippen molar-refractivity contribution in [2.24, 2.45) is 0 Å². The second-order valence-electron chi connectivity index (χ2n) is 4.76. The van der Waals surface area contributed by atoms with Crippen molar-refractivity contribution in [1.82, 2.24) is 0 Å². The van der Waals surface area contributed by atoms with Gasteiger partial charge in [0.1, 0.15) is 0 Å². The number of benzene rings is 2. The lowest BCUT2D eigenvalue weighted by Crippen LogP contribution is -2.12. The van der Waals surface area contributed by atoms with Crippen molar-refractivity contribution in [2.75, 3.05) is 5.32 Å². The van der Waals surface area contributed by atoms with E-state index in [2.05, 4.69) is 5.32 Å². The molecule has 0 unspecified atom stereocenters. The quantitative estimate of drug-likeness (QED) is 0.669. The van der Waals surface area contributed by atoms with Crippen LogP contribution in [0, 0.1) is 24.0 Å². The molecule has 21 heavy (non-hydrogen) atoms. The molecule has 2 N–H and O–H groups in total. The van der Waals surface area contributed by atoms with E-state index in [1.807, 2.05) is 19.9 Å². The average molecular weight is 286 g/mol. The number of nitrogens with zero attached hydrogens (tertiary/aromatic N) is 1. The van der Waals surface area contributed by atoms with Gasteiger partial charge < -0.3 is 10.4 Å². The lowest BCUT2D eigenvalue weighted by molar-refractivity contribution is -0.385. The van der Waals surface area contributed by atoms with Crippen LogP contribution in [0.15, 0.2) is 36.4 Å². The van der Waals surface area contributed by atoms with Crippen molar-refractivity contribution >= 4 is 17.3 Å². The molecule has 6 heteroatoms. The van der Waals surface area contributed by atoms with E-state index in [9.17, 15) is 20.0 Å². The van der Waals surface area contributed by atoms with Crippen molar-refractivity contribution in [3.63, 3.8) is 0 Å². The summed E-state index contributed by atoms with van der Waals surface area (Å²) in [6, 6.07) is 9.34. The van der Waals surface area contributed by atoms with E-state index in [4.69, 9.17) is 0 Å². The second-order valence-corrected chi connectivity index (χ2v) is 4.76. The Labute approximate surface area is 121 Å². The third kappa shape index (κ3) is 3.17. The molecular weight excluding hydrogens is 272 g/mol. The summed E-state index contributed by atoms with van der Waals surface area (Å²) in [6.45, 7) is 3.79. The minimum absolute atomic E-state index is 0.136. The van der Waals surface area contributed by atoms with Gasteiger partial charge in [0, 0.05) is 11.8 Å². The summed E-state index contributed by atoms with van der Waals surface area (Å²) >= 11 is 0. The average Bonchev–Trinajstić information content (AvgIpc) is 2.37. The molecular formula is C15H14N2O4. The van der Waals surface area contributed by atoms with E-state index < -0.39 is 22.3 Å². The first kappa shape index (κ1) is 14.5. The molecule has 0 spiro atoms. The molecule has 1 amide bonds. The van der Waals surface area contributed by atoms with Gasteiger partial charge in [-0.1, -0.05) is 12.1 Å². The molecule has 0 bridgehead atoms. The molecule has 0 aliphatic carbocycles. The van der Waals surface area contributed by atoms with Gasteiger partial charge in [-0.3, -0.25) is 14.9 Å². The number of nitro groups is 1. The molecule has 0 fully saturated rings. The molecule has 0 aliphatic heterocycles. The standard InChI is InChI=1S/C15H14N2O4/c1-9-6-10(2)8-11(7-9)16-15(19)12-4-3-5-13(14(12)18)17(20)21/h3-8,18H,1-2H3,(H,16,19). The molecule has 2 aromatic carbocycles. The number of nitro benzene ring substituents is 1. The number of aryl methyl sites for hydroxylation is 2. The number of phenols is 1. The highest BCUT2D eigenvalue weighted by Gasteiger charge is 2.20. The highest BCUT2D eigenvalue weighted by molar-refractivity contribution is 6.06. The van der Waals surface area contributed by atoms with Gasteiger partial charge >= 0.3 is 5.69 Å². The third-order valence-corrected chi connectivity index (χ3v) is 2.94. The summed E-state index contributed by atoms with van der Waals surface area (Å²) in [6.07, 6.45) is 0. The third-order valence-electron chi connectivity index (χ3n) is 2.94. The Morgan fingerprint density at radius 3 is 2.38 bits per heavy atom. The van der Waals surface area contributed by atoms with Gasteiger partial charge in [-0.25, -0.2) is 0 Å². The van der Waals surface area contributed by atoms with Gasteiger partial charge in [0.15, 0.2) is 0 Å². The number of carbonyl (C=O) groups is 1. The first-order chi connectivity index (χ1) is 9.88. The van der Waals surface area contributed by atoms with Gasteiger partial charge in [-0.15, -0.1) is 0 Å². The monoisotopic (exact) mass is 286 g/mol. The zero-order valence-corrected chi connectivity index (χ0v) is 11.6. The van der Waals surface area contributed by atoms with Gasteiger partial charge in [0.05, 0.1) is 10.5 Å². The topological polar surface area (TPSA) is 92.5 Å². The van der Waals surface area contributed by atoms with E-state index in [1.165, 1.54) is 12.1 Å². The molecule has 0 heterocycles. The van der Waals surface area contributed by atoms with Crippen LogP contribution in [-0.2, 0) is 0 Å². The van der Waals surface area contributed by atoms with Crippen LogP contribution in [0.2, 0.25) is 0 Å². The smallest absolute Gasteiger partial charge is 0.311 e. The number of hydrogen-bond donors (Lipinski definition) is 2. The predicted molar refractivity (Wildman–Crippen MR) is 78.6 cm³/mol. The van der Waals surface area contributed by atoms with Gasteiger partial charge in [0.2, 0.25) is 5.75 Å². The number of para-hydroxylation sites is 1. The molecule has 0 aliphatic rings. The molecule has 0 radical (unpaired) electrons. The lowest BCUT2D eigenvalue weighted by Gasteiger charge is -2.08. The van der Waals surface area contributed by atoms with Crippen molar-refractivity contribution in [1.29, 1.82) is 0 Å². The molecule has 0 saturated carbocycles. The summed E-state index contributed by atoms with van der Waals surface area (Å²) in [5.74, 6) is -1.23. The van der Waals surface area contributed by atoms with Crippen LogP contribution in [-0.4, -0.2) is 15.9 Å². The number of nitrogens with one attached hydrogen (secondary N) is 1. The van der Waals surface area contributed by atoms with Crippen molar-refractivity contribution < 1.29 is 14.8 Å². The maximum atomic E-state index is 12.1. The molecule has 6 nitrogen and oxygen atoms in total. The Kier molecular flexibility index (Phi) is 3.89. The fourth-order valence-electron chi connectivity index (χ4n) is 2.11. The Bertz CT molecular complexity index is 705. The molecule has 108 valence electrons. The van der Waals surface area contributed by atoms with Crippen molar-refractivity contribution in [3.8, 4) is 5.75 Å². The number of hydrogen-bond acceptors (Lipinski definition) is 4. The highest BCUT2D eigenvalue weighted by Crippen LogP contribution is 2.29. The van der Waals surface area contributed by atoms with Gasteiger partial charge in [-0.2, -0.15) is 0 Å². The summed E-state index contributed by atoms with van der Waals surface area (Å²) in [5.41, 5.74) is 1.90. The number of aromatic hydroxyl groups is 1. The molecule has 2 aromatic rings. The highest BCUT2D eigenvalue weighted by atomic mass is 16.6. The fourth-order valence-corrected chi connectivity index (χ4v) is 2.11. The number of carbonyl (C=O) groups excluding carboxylic acids is 1. The largest absolute Gasteiger partial charge is 0.502 e. The summed E-state index contributed by atoms with van der Waals surface area (Å²) in [7, 11) is 0. The summed E-state index contributed by atoms with van der Waals surface area (Å²) in [5, 5.41) is 23.2. The first-order valence-electron chi connectivity index (χ1n) is 6.24. The van der Waals surface area contributed by atoms with Crippen LogP contribution < -0.4 is 5.32 Å². The number of anilines is 1. The van der Waals surface area contributed by atoms with Crippen LogP contribution in [0.25, 0.3) is 0 Å². The van der Waals surface area contributed by atoms with E-state index in [0.717, 1.165) is 17.2 Å². The lowest BCUT2D eigenvalue weighted by atomic mass is 10.1. The molecule has 0 aromatic heterocycles. The van der Waals surface area contributed by atoms with Crippen LogP contribution in [0.3, 0.4) is 0 Å². The Balaban J connectivity index is 2.33. The van der Waals surface area contributed by atoms with Crippen LogP contribution in [0.1, 0.15) is 21.5 Å². The minimum atomic E-state index is -0.733. The van der Waals surface area contributed by atoms with Crippen LogP contribution in [0.5, 0.6) is 5.75 Å². The minimum Gasteiger partial charge on any atom is -0.502 e. The van der Waals surface area contributed by atoms with E-state index >= 15 is 0 Å². The number of rotatable bonds is 3. The van der Waals surface area contributed by atoms with Gasteiger partial charge in [-0.05, 0) is 43.2 Å². The Morgan fingerprint density at radius 1 is 1.19 bits per heavy atom. The predicted octanol–water partition coefficient (Wildman–Crippen LogP) is 3.17. The van der Waals surface area contributed by atoms with E-state index in [0.29, 0.717) is 5.69 Å². The van der Waals surface area contributed by atoms with Crippen molar-refractivity contribution in [3.05, 3.63) is 63.2 Å². The molecule has 2 rings (SSSR count). The Morgan fingerprint density at radius 2 is 1.81 bits per heavy atom. The summed E-state index contributed by atoms with van der Waals surface area (Å²) < 4.78 is 0. The Hall–Kier alpha value is -2.89. The van der Waals surface area contributed by atoms with E-state index in [-0.39, 0.29) is 5.56 Å². The number of amides is 1. The van der Waals surface area contributed by atoms with E-state index in [1.54, 1.807) is 12.1 Å². The van der Waals surface area contributed by atoms with Crippen LogP contribution in [0.4, 0.5) is 11.4 Å². The molecule has 0 saturated heterocycles.